The van der Waals surface area contributed by atoms with Crippen LogP contribution in [0.1, 0.15) is 29.3 Å². The number of piperazine rings is 1. The van der Waals surface area contributed by atoms with Gasteiger partial charge in [0.1, 0.15) is 6.04 Å². The Kier molecular flexibility index (Phi) is 9.60. The van der Waals surface area contributed by atoms with Crippen molar-refractivity contribution < 1.29 is 19.1 Å². The number of rotatable bonds is 9. The van der Waals surface area contributed by atoms with Crippen LogP contribution in [0.5, 0.6) is 0 Å². The molecule has 2 fully saturated rings. The lowest BCUT2D eigenvalue weighted by Crippen LogP contribution is -2.49. The highest BCUT2D eigenvalue weighted by molar-refractivity contribution is 8.14. The largest absolute Gasteiger partial charge is 0.383 e. The summed E-state index contributed by atoms with van der Waals surface area (Å²) >= 11 is 1.60. The second kappa shape index (κ2) is 12.9. The molecule has 2 amide bonds. The number of methoxy groups -OCH3 is 2. The second-order valence-electron chi connectivity index (χ2n) is 9.47. The number of benzene rings is 1. The zero-order valence-corrected chi connectivity index (χ0v) is 22.2. The normalized spacial score (nSPS) is 24.6. The monoisotopic (exact) mass is 518 g/mol. The fraction of sp³-hybridized carbons (Fsp3) is 0.640. The maximum absolute atomic E-state index is 13.1. The Morgan fingerprint density at radius 1 is 1.28 bits per heavy atom. The number of hydrogen-bond acceptors (Lipinski definition) is 9. The molecule has 0 radical (unpaired) electrons. The highest BCUT2D eigenvalue weighted by atomic mass is 32.2. The lowest BCUT2D eigenvalue weighted by Gasteiger charge is -2.34. The minimum atomic E-state index is -0.489. The molecule has 36 heavy (non-hydrogen) atoms. The molecule has 11 heteroatoms. The third-order valence-corrected chi connectivity index (χ3v) is 8.00. The van der Waals surface area contributed by atoms with Crippen molar-refractivity contribution in [1.82, 2.24) is 20.4 Å². The van der Waals surface area contributed by atoms with Crippen LogP contribution >= 0.6 is 11.8 Å². The molecular weight excluding hydrogens is 480 g/mol. The summed E-state index contributed by atoms with van der Waals surface area (Å²) in [6, 6.07) is 5.64. The van der Waals surface area contributed by atoms with Crippen molar-refractivity contribution in [3.63, 3.8) is 0 Å². The number of hydrogen-bond donors (Lipinski definition) is 3. The van der Waals surface area contributed by atoms with Gasteiger partial charge in [0.2, 0.25) is 5.91 Å². The third-order valence-electron chi connectivity index (χ3n) is 6.89. The van der Waals surface area contributed by atoms with E-state index in [1.807, 2.05) is 18.2 Å². The average Bonchev–Trinajstić information content (AvgIpc) is 3.56. The number of nitrogens with zero attached hydrogens (tertiary/aromatic N) is 3. The molecule has 3 heterocycles. The van der Waals surface area contributed by atoms with E-state index in [0.717, 1.165) is 56.4 Å². The summed E-state index contributed by atoms with van der Waals surface area (Å²) in [6.45, 7) is 8.31. The lowest BCUT2D eigenvalue weighted by molar-refractivity contribution is -0.116. The molecule has 2 saturated heterocycles. The van der Waals surface area contributed by atoms with Crippen molar-refractivity contribution >= 4 is 34.4 Å². The van der Waals surface area contributed by atoms with E-state index in [0.29, 0.717) is 36.2 Å². The third kappa shape index (κ3) is 6.77. The van der Waals surface area contributed by atoms with Gasteiger partial charge in [-0.2, -0.15) is 0 Å². The average molecular weight is 519 g/mol. The highest BCUT2D eigenvalue weighted by Crippen LogP contribution is 2.26. The summed E-state index contributed by atoms with van der Waals surface area (Å²) in [5.41, 5.74) is 2.00. The summed E-state index contributed by atoms with van der Waals surface area (Å²) in [6.07, 6.45) is 1.18. The number of likely N-dealkylation sites (tertiary alicyclic amines) is 1. The van der Waals surface area contributed by atoms with Crippen molar-refractivity contribution in [2.24, 2.45) is 4.99 Å². The van der Waals surface area contributed by atoms with Gasteiger partial charge < -0.3 is 30.3 Å². The predicted octanol–water partition coefficient (Wildman–Crippen LogP) is 0.987. The van der Waals surface area contributed by atoms with Crippen LogP contribution in [0.2, 0.25) is 0 Å². The Morgan fingerprint density at radius 2 is 2.14 bits per heavy atom. The van der Waals surface area contributed by atoms with E-state index in [1.54, 1.807) is 26.0 Å². The molecule has 3 aliphatic rings. The lowest BCUT2D eigenvalue weighted by atomic mass is 10.1. The van der Waals surface area contributed by atoms with Crippen LogP contribution in [-0.2, 0) is 20.8 Å². The molecule has 0 aromatic heterocycles. The molecule has 1 aromatic rings. The Morgan fingerprint density at radius 3 is 2.89 bits per heavy atom. The zero-order chi connectivity index (χ0) is 25.5. The molecule has 0 saturated carbocycles. The second-order valence-corrected chi connectivity index (χ2v) is 10.5. The van der Waals surface area contributed by atoms with Crippen molar-refractivity contribution in [3.8, 4) is 0 Å². The maximum atomic E-state index is 13.1. The van der Waals surface area contributed by atoms with Gasteiger partial charge in [-0.15, -0.1) is 0 Å². The summed E-state index contributed by atoms with van der Waals surface area (Å²) in [5, 5.41) is 10.2. The molecule has 1 unspecified atom stereocenters. The van der Waals surface area contributed by atoms with Gasteiger partial charge in [-0.25, -0.2) is 4.99 Å². The first-order valence-corrected chi connectivity index (χ1v) is 13.6. The molecule has 0 spiro atoms. The molecule has 3 N–H and O–H groups in total. The van der Waals surface area contributed by atoms with E-state index < -0.39 is 6.04 Å². The molecular formula is C25H38N6O4S. The van der Waals surface area contributed by atoms with Crippen molar-refractivity contribution in [3.05, 3.63) is 29.3 Å². The van der Waals surface area contributed by atoms with Gasteiger partial charge in [-0.05, 0) is 31.0 Å². The number of aliphatic imine (C=N–C) groups is 1. The molecule has 10 nitrogen and oxygen atoms in total. The van der Waals surface area contributed by atoms with Crippen molar-refractivity contribution in [2.45, 2.75) is 38.1 Å². The summed E-state index contributed by atoms with van der Waals surface area (Å²) in [7, 11) is 3.33. The van der Waals surface area contributed by atoms with Gasteiger partial charge >= 0.3 is 0 Å². The van der Waals surface area contributed by atoms with Crippen LogP contribution in [0.4, 0.5) is 5.69 Å². The number of anilines is 1. The minimum absolute atomic E-state index is 0.200. The first kappa shape index (κ1) is 26.9. The number of carbonyl (C=O) groups excluding carboxylic acids is 2. The van der Waals surface area contributed by atoms with Crippen LogP contribution in [0, 0.1) is 0 Å². The Balaban J connectivity index is 1.46. The molecule has 198 valence electrons. The number of thioether (sulfide) groups is 1. The van der Waals surface area contributed by atoms with Crippen LogP contribution in [0.25, 0.3) is 0 Å². The fourth-order valence-corrected chi connectivity index (χ4v) is 5.76. The van der Waals surface area contributed by atoms with Crippen LogP contribution in [0.15, 0.2) is 23.2 Å². The molecule has 1 aromatic carbocycles. The highest BCUT2D eigenvalue weighted by Gasteiger charge is 2.32. The standard InChI is InChI=1S/C25H38N6O4S/c1-17-13-26-7-10-30(17)14-18-4-5-21(20(12-18)23(32)27-8-11-34-2)28-24(33)22-16-36-25(29-22)31-9-6-19(15-31)35-3/h4-5,12,17,19,22,26H,6-11,13-16H2,1-3H3,(H,27,32)(H,28,33)/t17-,19+,22?/m1/s1. The van der Waals surface area contributed by atoms with Crippen LogP contribution in [0.3, 0.4) is 0 Å². The molecule has 0 bridgehead atoms. The maximum Gasteiger partial charge on any atom is 0.253 e. The smallest absolute Gasteiger partial charge is 0.253 e. The fourth-order valence-electron chi connectivity index (χ4n) is 4.68. The Bertz CT molecular complexity index is 960. The van der Waals surface area contributed by atoms with Crippen LogP contribution < -0.4 is 16.0 Å². The van der Waals surface area contributed by atoms with Gasteiger partial charge in [-0.1, -0.05) is 17.8 Å². The Hall–Kier alpha value is -2.18. The Labute approximate surface area is 217 Å². The molecule has 3 atom stereocenters. The predicted molar refractivity (Wildman–Crippen MR) is 143 cm³/mol. The quantitative estimate of drug-likeness (QED) is 0.416. The first-order valence-electron chi connectivity index (χ1n) is 12.6. The van der Waals surface area contributed by atoms with Gasteiger partial charge in [0.25, 0.3) is 5.91 Å². The van der Waals surface area contributed by atoms with Crippen LogP contribution in [-0.4, -0.2) is 111 Å². The van der Waals surface area contributed by atoms with E-state index in [2.05, 4.69) is 37.7 Å². The van der Waals surface area contributed by atoms with Crippen molar-refractivity contribution in [1.29, 1.82) is 0 Å². The van der Waals surface area contributed by atoms with E-state index in [4.69, 9.17) is 9.47 Å². The van der Waals surface area contributed by atoms with Gasteiger partial charge in [0, 0.05) is 71.8 Å². The number of amidine groups is 1. The summed E-state index contributed by atoms with van der Waals surface area (Å²) in [5.74, 6) is 0.156. The van der Waals surface area contributed by atoms with Gasteiger partial charge in [0.15, 0.2) is 5.17 Å². The molecule has 4 rings (SSSR count). The molecule has 3 aliphatic heterocycles. The molecule has 0 aliphatic carbocycles. The van der Waals surface area contributed by atoms with E-state index >= 15 is 0 Å². The number of ether oxygens (including phenoxy) is 2. The minimum Gasteiger partial charge on any atom is -0.383 e. The SMILES string of the molecule is COCCNC(=O)c1cc(CN2CCNC[C@H]2C)ccc1NC(=O)C1CSC(N2CC[C@H](OC)C2)=N1. The number of amides is 2. The van der Waals surface area contributed by atoms with E-state index in [1.165, 1.54) is 0 Å². The van der Waals surface area contributed by atoms with Crippen molar-refractivity contribution in [2.75, 3.05) is 71.2 Å². The van der Waals surface area contributed by atoms with Gasteiger partial charge in [-0.3, -0.25) is 14.5 Å². The summed E-state index contributed by atoms with van der Waals surface area (Å²) < 4.78 is 10.5. The zero-order valence-electron chi connectivity index (χ0n) is 21.4. The number of carbonyl (C=O) groups is 2. The van der Waals surface area contributed by atoms with E-state index in [9.17, 15) is 9.59 Å². The topological polar surface area (TPSA) is 108 Å². The van der Waals surface area contributed by atoms with E-state index in [-0.39, 0.29) is 17.9 Å². The first-order chi connectivity index (χ1) is 17.5. The summed E-state index contributed by atoms with van der Waals surface area (Å²) in [4.78, 5) is 35.4. The number of nitrogens with one attached hydrogen (secondary N) is 3. The van der Waals surface area contributed by atoms with Gasteiger partial charge in [0.05, 0.1) is 24.0 Å².